The molecule has 0 N–H and O–H groups in total. The minimum atomic E-state index is -0.263. The Hall–Kier alpha value is -3.91. The van der Waals surface area contributed by atoms with Gasteiger partial charge in [0.2, 0.25) is 5.91 Å². The molecular formula is C37H44ClN7O3. The zero-order valence-electron chi connectivity index (χ0n) is 27.9. The quantitative estimate of drug-likeness (QED) is 0.278. The molecular weight excluding hydrogens is 626 g/mol. The molecule has 11 heteroatoms. The van der Waals surface area contributed by atoms with E-state index in [-0.39, 0.29) is 23.9 Å². The molecule has 1 aromatic heterocycles. The van der Waals surface area contributed by atoms with E-state index in [0.717, 1.165) is 83.6 Å². The number of amides is 1. The molecule has 2 aromatic carbocycles. The Morgan fingerprint density at radius 3 is 2.69 bits per heavy atom. The van der Waals surface area contributed by atoms with Gasteiger partial charge in [-0.15, -0.1) is 0 Å². The van der Waals surface area contributed by atoms with Gasteiger partial charge < -0.3 is 29.1 Å². The Balaban J connectivity index is 1.26. The van der Waals surface area contributed by atoms with Crippen molar-refractivity contribution in [2.75, 3.05) is 63.4 Å². The molecule has 1 saturated carbocycles. The lowest BCUT2D eigenvalue weighted by Crippen LogP contribution is -2.59. The van der Waals surface area contributed by atoms with Gasteiger partial charge in [-0.3, -0.25) is 4.79 Å². The van der Waals surface area contributed by atoms with Crippen molar-refractivity contribution in [3.8, 4) is 12.1 Å². The number of ether oxygens (including phenoxy) is 2. The van der Waals surface area contributed by atoms with Crippen molar-refractivity contribution in [1.82, 2.24) is 19.8 Å². The molecule has 7 rings (SSSR count). The molecule has 0 bridgehead atoms. The van der Waals surface area contributed by atoms with E-state index >= 15 is 0 Å². The number of hydrogen-bond acceptors (Lipinski definition) is 9. The molecule has 0 radical (unpaired) electrons. The summed E-state index contributed by atoms with van der Waals surface area (Å²) < 4.78 is 11.5. The molecule has 48 heavy (non-hydrogen) atoms. The molecule has 4 heterocycles. The topological polar surface area (TPSA) is 98.1 Å². The molecule has 1 amide bonds. The van der Waals surface area contributed by atoms with Gasteiger partial charge in [-0.05, 0) is 63.2 Å². The monoisotopic (exact) mass is 669 g/mol. The van der Waals surface area contributed by atoms with Crippen LogP contribution in [0.1, 0.15) is 49.8 Å². The maximum atomic E-state index is 13.1. The summed E-state index contributed by atoms with van der Waals surface area (Å²) in [6.07, 6.45) is 9.90. The van der Waals surface area contributed by atoms with Crippen molar-refractivity contribution in [2.24, 2.45) is 0 Å². The Kier molecular flexibility index (Phi) is 9.45. The van der Waals surface area contributed by atoms with Crippen LogP contribution in [0.25, 0.3) is 10.8 Å². The highest BCUT2D eigenvalue weighted by molar-refractivity contribution is 6.36. The number of carbonyl (C=O) groups is 1. The summed E-state index contributed by atoms with van der Waals surface area (Å²) in [5.74, 6) is 0.779. The standard InChI is InChI=1S/C37H44ClN7O3/c1-42-18-5-10-28(42)25-48-36-40-31-24-45(32-12-4-9-26-8-3-11-30(38)34(26)32)37(15-7-16-37)22-29(31)35(41-36)43-19-20-44(27(23-43)14-17-39)33(46)13-6-21-47-2/h3-4,6,8-9,11-13,27-28H,5,7,10,14-16,18-25H2,1-2H3/b13-6+/t27-,28-/m0/s1. The second kappa shape index (κ2) is 13.9. The third-order valence-electron chi connectivity index (χ3n) is 10.8. The second-order valence-electron chi connectivity index (χ2n) is 13.7. The summed E-state index contributed by atoms with van der Waals surface area (Å²) in [5.41, 5.74) is 3.19. The summed E-state index contributed by atoms with van der Waals surface area (Å²) in [7, 11) is 3.74. The first-order valence-corrected chi connectivity index (χ1v) is 17.5. The molecule has 252 valence electrons. The number of halogens is 1. The van der Waals surface area contributed by atoms with E-state index in [4.69, 9.17) is 31.0 Å². The summed E-state index contributed by atoms with van der Waals surface area (Å²) in [5, 5.41) is 12.7. The molecule has 4 aliphatic rings. The predicted octanol–water partition coefficient (Wildman–Crippen LogP) is 5.38. The van der Waals surface area contributed by atoms with Gasteiger partial charge in [-0.2, -0.15) is 15.2 Å². The highest BCUT2D eigenvalue weighted by Gasteiger charge is 2.48. The molecule has 1 aliphatic carbocycles. The Labute approximate surface area is 287 Å². The molecule has 10 nitrogen and oxygen atoms in total. The average Bonchev–Trinajstić information content (AvgIpc) is 3.50. The zero-order valence-corrected chi connectivity index (χ0v) is 28.7. The lowest BCUT2D eigenvalue weighted by molar-refractivity contribution is -0.128. The van der Waals surface area contributed by atoms with E-state index in [1.165, 1.54) is 0 Å². The van der Waals surface area contributed by atoms with Gasteiger partial charge in [0.25, 0.3) is 0 Å². The van der Waals surface area contributed by atoms with E-state index in [1.807, 2.05) is 17.0 Å². The van der Waals surface area contributed by atoms with Crippen molar-refractivity contribution in [3.63, 3.8) is 0 Å². The Morgan fingerprint density at radius 2 is 1.96 bits per heavy atom. The molecule has 0 unspecified atom stereocenters. The van der Waals surface area contributed by atoms with Gasteiger partial charge in [-0.1, -0.05) is 41.9 Å². The van der Waals surface area contributed by atoms with Crippen molar-refractivity contribution in [1.29, 1.82) is 5.26 Å². The zero-order chi connectivity index (χ0) is 33.3. The number of likely N-dealkylation sites (N-methyl/N-ethyl adjacent to an activating group) is 1. The van der Waals surface area contributed by atoms with Crippen LogP contribution < -0.4 is 14.5 Å². The predicted molar refractivity (Wildman–Crippen MR) is 188 cm³/mol. The summed E-state index contributed by atoms with van der Waals surface area (Å²) >= 11 is 6.87. The Bertz CT molecular complexity index is 1730. The largest absolute Gasteiger partial charge is 0.462 e. The number of piperazine rings is 1. The Morgan fingerprint density at radius 1 is 1.12 bits per heavy atom. The molecule has 2 atom stereocenters. The summed E-state index contributed by atoms with van der Waals surface area (Å²) in [6.45, 7) is 4.21. The lowest BCUT2D eigenvalue weighted by atomic mass is 9.69. The first-order chi connectivity index (χ1) is 23.4. The fraction of sp³-hybridized carbons (Fsp3) is 0.514. The highest BCUT2D eigenvalue weighted by atomic mass is 35.5. The normalized spacial score (nSPS) is 22.2. The minimum Gasteiger partial charge on any atom is -0.462 e. The second-order valence-corrected chi connectivity index (χ2v) is 14.1. The van der Waals surface area contributed by atoms with E-state index in [1.54, 1.807) is 19.3 Å². The SMILES string of the molecule is COC/C=C/C(=O)N1CCN(c2nc(OC[C@@H]3CCCN3C)nc3c2CC2(CCC2)N(c2cccc4cccc(Cl)c24)C3)C[C@@H]1CC#N. The number of anilines is 2. The van der Waals surface area contributed by atoms with Crippen molar-refractivity contribution < 1.29 is 14.3 Å². The van der Waals surface area contributed by atoms with Crippen LogP contribution in [0.4, 0.5) is 11.5 Å². The smallest absolute Gasteiger partial charge is 0.318 e. The number of aromatic nitrogens is 2. The molecule has 1 spiro atoms. The number of nitriles is 1. The van der Waals surface area contributed by atoms with Crippen LogP contribution in [0.5, 0.6) is 6.01 Å². The maximum absolute atomic E-state index is 13.1. The van der Waals surface area contributed by atoms with Crippen molar-refractivity contribution >= 4 is 39.8 Å². The average molecular weight is 670 g/mol. The van der Waals surface area contributed by atoms with E-state index < -0.39 is 0 Å². The van der Waals surface area contributed by atoms with Crippen molar-refractivity contribution in [2.45, 2.75) is 69.1 Å². The number of likely N-dealkylation sites (tertiary alicyclic amines) is 1. The number of benzene rings is 2. The number of carbonyl (C=O) groups excluding carboxylic acids is 1. The number of hydrogen-bond donors (Lipinski definition) is 0. The van der Waals surface area contributed by atoms with Gasteiger partial charge >= 0.3 is 6.01 Å². The van der Waals surface area contributed by atoms with Crippen LogP contribution in [0.3, 0.4) is 0 Å². The number of fused-ring (bicyclic) bond motifs is 2. The first-order valence-electron chi connectivity index (χ1n) is 17.2. The summed E-state index contributed by atoms with van der Waals surface area (Å²) in [6, 6.07) is 15.3. The van der Waals surface area contributed by atoms with Crippen molar-refractivity contribution in [3.05, 3.63) is 64.8 Å². The number of rotatable bonds is 9. The summed E-state index contributed by atoms with van der Waals surface area (Å²) in [4.78, 5) is 32.3. The molecule has 3 fully saturated rings. The van der Waals surface area contributed by atoms with Crippen LogP contribution >= 0.6 is 11.6 Å². The molecule has 3 aliphatic heterocycles. The van der Waals surface area contributed by atoms with Crippen LogP contribution in [0.15, 0.2) is 48.6 Å². The van der Waals surface area contributed by atoms with E-state index in [9.17, 15) is 10.1 Å². The van der Waals surface area contributed by atoms with Crippen LogP contribution in [-0.4, -0.2) is 96.8 Å². The lowest BCUT2D eigenvalue weighted by Gasteiger charge is -2.55. The van der Waals surface area contributed by atoms with Gasteiger partial charge in [0.05, 0.1) is 42.4 Å². The van der Waals surface area contributed by atoms with Gasteiger partial charge in [-0.25, -0.2) is 0 Å². The van der Waals surface area contributed by atoms with Crippen LogP contribution in [0.2, 0.25) is 5.02 Å². The molecule has 3 aromatic rings. The van der Waals surface area contributed by atoms with E-state index in [2.05, 4.69) is 52.1 Å². The van der Waals surface area contributed by atoms with E-state index in [0.29, 0.717) is 51.4 Å². The van der Waals surface area contributed by atoms with Crippen LogP contribution in [-0.2, 0) is 22.5 Å². The third-order valence-corrected chi connectivity index (χ3v) is 11.2. The van der Waals surface area contributed by atoms with Crippen LogP contribution in [0, 0.1) is 11.3 Å². The van der Waals surface area contributed by atoms with Gasteiger partial charge in [0.15, 0.2) is 0 Å². The van der Waals surface area contributed by atoms with Gasteiger partial charge in [0.1, 0.15) is 12.4 Å². The third kappa shape index (κ3) is 6.20. The highest BCUT2D eigenvalue weighted by Crippen LogP contribution is 2.50. The fourth-order valence-electron chi connectivity index (χ4n) is 8.07. The fourth-order valence-corrected chi connectivity index (χ4v) is 8.35. The first kappa shape index (κ1) is 32.6. The number of methoxy groups -OCH3 is 1. The maximum Gasteiger partial charge on any atom is 0.318 e. The molecule has 2 saturated heterocycles. The van der Waals surface area contributed by atoms with Gasteiger partial charge in [0, 0.05) is 67.5 Å². The number of nitrogens with zero attached hydrogens (tertiary/aromatic N) is 7. The minimum absolute atomic E-state index is 0.0660.